The summed E-state index contributed by atoms with van der Waals surface area (Å²) in [4.78, 5) is 39.4. The highest BCUT2D eigenvalue weighted by Crippen LogP contribution is 2.54. The third kappa shape index (κ3) is 8.68. The standard InChI is InChI=1S/C44H72O12/c1-12-31(40(48)50-11)34-17-15-16-33(53-34)27(6)37(46)28(7)38(47)32(13-2)39-25(4)24-26(5)43(54-39)21-19-36(52-30(9)45)44(56-43)23-22-41(10,55-44)35-18-20-42(49,14-3)29(8)51-35/h19,21,25-29,31-37,39,46,49H,12-18,20,22-24H2,1-11H3. The topological polar surface area (TPSA) is 156 Å². The maximum absolute atomic E-state index is 14.5. The van der Waals surface area contributed by atoms with Gasteiger partial charge in [0.1, 0.15) is 5.78 Å². The molecule has 0 aliphatic carbocycles. The molecule has 0 aromatic rings. The molecule has 17 unspecified atom stereocenters. The van der Waals surface area contributed by atoms with Gasteiger partial charge in [0.05, 0.1) is 60.9 Å². The zero-order valence-electron chi connectivity index (χ0n) is 35.9. The zero-order valence-corrected chi connectivity index (χ0v) is 35.9. The molecule has 5 heterocycles. The van der Waals surface area contributed by atoms with Gasteiger partial charge in [0, 0.05) is 37.0 Å². The van der Waals surface area contributed by atoms with E-state index in [0.29, 0.717) is 51.4 Å². The number of ketones is 1. The Morgan fingerprint density at radius 1 is 0.929 bits per heavy atom. The Hall–Kier alpha value is -1.93. The van der Waals surface area contributed by atoms with Gasteiger partial charge >= 0.3 is 11.9 Å². The van der Waals surface area contributed by atoms with Crippen molar-refractivity contribution >= 4 is 17.7 Å². The second kappa shape index (κ2) is 17.7. The van der Waals surface area contributed by atoms with E-state index in [9.17, 15) is 24.6 Å². The molecule has 0 aromatic heterocycles. The fraction of sp³-hybridized carbons (Fsp3) is 0.886. The number of hydrogen-bond donors (Lipinski definition) is 2. The van der Waals surface area contributed by atoms with Gasteiger partial charge in [-0.05, 0) is 96.1 Å². The van der Waals surface area contributed by atoms with Crippen LogP contribution < -0.4 is 0 Å². The van der Waals surface area contributed by atoms with Crippen molar-refractivity contribution in [3.05, 3.63) is 12.2 Å². The third-order valence-corrected chi connectivity index (χ3v) is 14.5. The Kier molecular flexibility index (Phi) is 14.3. The number of methoxy groups -OCH3 is 1. The van der Waals surface area contributed by atoms with Crippen LogP contribution in [0.5, 0.6) is 0 Å². The van der Waals surface area contributed by atoms with Crippen molar-refractivity contribution in [2.75, 3.05) is 7.11 Å². The molecular weight excluding hydrogens is 720 g/mol. The molecule has 4 fully saturated rings. The Morgan fingerprint density at radius 3 is 2.21 bits per heavy atom. The minimum Gasteiger partial charge on any atom is -0.469 e. The number of Topliss-reactive ketones (excluding diaryl/α,β-unsaturated/α-hetero) is 1. The molecule has 12 heteroatoms. The average Bonchev–Trinajstić information content (AvgIpc) is 3.52. The highest BCUT2D eigenvalue weighted by molar-refractivity contribution is 5.84. The van der Waals surface area contributed by atoms with Crippen molar-refractivity contribution in [3.8, 4) is 0 Å². The van der Waals surface area contributed by atoms with Crippen LogP contribution >= 0.6 is 0 Å². The van der Waals surface area contributed by atoms with Crippen molar-refractivity contribution in [2.24, 2.45) is 35.5 Å². The first kappa shape index (κ1) is 45.2. The second-order valence-corrected chi connectivity index (χ2v) is 18.1. The summed E-state index contributed by atoms with van der Waals surface area (Å²) in [6.07, 6.45) is 6.95. The molecule has 5 aliphatic rings. The number of esters is 2. The van der Waals surface area contributed by atoms with Gasteiger partial charge in [-0.1, -0.05) is 48.5 Å². The monoisotopic (exact) mass is 793 g/mol. The first-order chi connectivity index (χ1) is 26.3. The first-order valence-electron chi connectivity index (χ1n) is 21.6. The number of carbonyl (C=O) groups excluding carboxylic acids is 3. The van der Waals surface area contributed by atoms with E-state index in [0.717, 1.165) is 19.3 Å². The highest BCUT2D eigenvalue weighted by Gasteiger charge is 2.64. The Labute approximate surface area is 335 Å². The van der Waals surface area contributed by atoms with E-state index in [1.165, 1.54) is 14.0 Å². The highest BCUT2D eigenvalue weighted by atomic mass is 16.8. The summed E-state index contributed by atoms with van der Waals surface area (Å²) in [5, 5.41) is 22.8. The van der Waals surface area contributed by atoms with Crippen LogP contribution in [0.15, 0.2) is 12.2 Å². The van der Waals surface area contributed by atoms with Gasteiger partial charge in [0.2, 0.25) is 5.79 Å². The van der Waals surface area contributed by atoms with Gasteiger partial charge in [-0.15, -0.1) is 0 Å². The quantitative estimate of drug-likeness (QED) is 0.152. The molecule has 0 saturated carbocycles. The summed E-state index contributed by atoms with van der Waals surface area (Å²) in [6, 6.07) is 0. The second-order valence-electron chi connectivity index (χ2n) is 18.1. The molecule has 320 valence electrons. The molecule has 5 rings (SSSR count). The molecule has 4 saturated heterocycles. The van der Waals surface area contributed by atoms with Crippen LogP contribution in [-0.2, 0) is 47.5 Å². The van der Waals surface area contributed by atoms with Crippen LogP contribution in [0.2, 0.25) is 0 Å². The van der Waals surface area contributed by atoms with E-state index in [1.807, 2.05) is 53.7 Å². The Bertz CT molecular complexity index is 1420. The lowest BCUT2D eigenvalue weighted by Gasteiger charge is -2.54. The number of rotatable bonds is 13. The van der Waals surface area contributed by atoms with Crippen LogP contribution in [0, 0.1) is 35.5 Å². The van der Waals surface area contributed by atoms with E-state index >= 15 is 0 Å². The summed E-state index contributed by atoms with van der Waals surface area (Å²) in [5.41, 5.74) is -1.69. The van der Waals surface area contributed by atoms with Crippen molar-refractivity contribution in [1.82, 2.24) is 0 Å². The average molecular weight is 793 g/mol. The van der Waals surface area contributed by atoms with E-state index in [1.54, 1.807) is 6.92 Å². The van der Waals surface area contributed by atoms with Crippen LogP contribution in [-0.4, -0.2) is 101 Å². The van der Waals surface area contributed by atoms with Crippen molar-refractivity contribution < 1.29 is 57.8 Å². The molecule has 2 spiro atoms. The van der Waals surface area contributed by atoms with Gasteiger partial charge in [0.25, 0.3) is 0 Å². The molecule has 17 atom stereocenters. The number of aliphatic hydroxyl groups excluding tert-OH is 1. The minimum atomic E-state index is -1.37. The van der Waals surface area contributed by atoms with Crippen LogP contribution in [0.4, 0.5) is 0 Å². The molecule has 5 aliphatic heterocycles. The van der Waals surface area contributed by atoms with Crippen LogP contribution in [0.3, 0.4) is 0 Å². The predicted molar refractivity (Wildman–Crippen MR) is 208 cm³/mol. The largest absolute Gasteiger partial charge is 0.469 e. The van der Waals surface area contributed by atoms with Gasteiger partial charge in [0.15, 0.2) is 11.9 Å². The van der Waals surface area contributed by atoms with Crippen molar-refractivity contribution in [2.45, 2.75) is 205 Å². The van der Waals surface area contributed by atoms with Crippen LogP contribution in [0.1, 0.15) is 140 Å². The Balaban J connectivity index is 1.34. The van der Waals surface area contributed by atoms with Crippen molar-refractivity contribution in [1.29, 1.82) is 0 Å². The summed E-state index contributed by atoms with van der Waals surface area (Å²) >= 11 is 0. The first-order valence-corrected chi connectivity index (χ1v) is 21.6. The van der Waals surface area contributed by atoms with E-state index in [2.05, 4.69) is 13.8 Å². The maximum atomic E-state index is 14.5. The molecule has 56 heavy (non-hydrogen) atoms. The smallest absolute Gasteiger partial charge is 0.311 e. The zero-order chi connectivity index (χ0) is 41.4. The molecule has 2 N–H and O–H groups in total. The lowest BCUT2D eigenvalue weighted by atomic mass is 9.73. The van der Waals surface area contributed by atoms with Crippen LogP contribution in [0.25, 0.3) is 0 Å². The summed E-state index contributed by atoms with van der Waals surface area (Å²) in [5.74, 6) is -5.54. The number of hydrogen-bond acceptors (Lipinski definition) is 12. The molecular formula is C44H72O12. The number of carbonyl (C=O) groups is 3. The summed E-state index contributed by atoms with van der Waals surface area (Å²) in [6.45, 7) is 19.0. The number of ether oxygens (including phenoxy) is 7. The van der Waals surface area contributed by atoms with Gasteiger partial charge in [-0.3, -0.25) is 14.4 Å². The molecule has 0 radical (unpaired) electrons. The van der Waals surface area contributed by atoms with E-state index < -0.39 is 58.9 Å². The van der Waals surface area contributed by atoms with Gasteiger partial charge < -0.3 is 43.4 Å². The van der Waals surface area contributed by atoms with Gasteiger partial charge in [-0.2, -0.15) is 0 Å². The van der Waals surface area contributed by atoms with Gasteiger partial charge in [-0.25, -0.2) is 0 Å². The summed E-state index contributed by atoms with van der Waals surface area (Å²) in [7, 11) is 1.39. The normalized spacial score (nSPS) is 42.8. The fourth-order valence-corrected chi connectivity index (χ4v) is 10.6. The van der Waals surface area contributed by atoms with E-state index in [-0.39, 0.29) is 59.8 Å². The Morgan fingerprint density at radius 2 is 1.61 bits per heavy atom. The maximum Gasteiger partial charge on any atom is 0.311 e. The molecule has 0 bridgehead atoms. The minimum absolute atomic E-state index is 0.00127. The third-order valence-electron chi connectivity index (χ3n) is 14.5. The lowest BCUT2D eigenvalue weighted by Crippen LogP contribution is -2.63. The molecule has 0 aromatic carbocycles. The summed E-state index contributed by atoms with van der Waals surface area (Å²) < 4.78 is 44.9. The fourth-order valence-electron chi connectivity index (χ4n) is 10.6. The molecule has 12 nitrogen and oxygen atoms in total. The van der Waals surface area contributed by atoms with E-state index in [4.69, 9.17) is 33.2 Å². The number of aliphatic hydroxyl groups is 2. The van der Waals surface area contributed by atoms with Crippen molar-refractivity contribution in [3.63, 3.8) is 0 Å². The SMILES string of the molecule is CCC(C(=O)OC)C1CCCC(C(C)C(O)C(C)C(=O)C(CC)C2OC3(C=CC(OC(C)=O)C4(CCC(C)(C5CCC(O)(CC)C(C)O5)O4)O3)C(C)CC2C)O1. The molecule has 0 amide bonds. The lowest BCUT2D eigenvalue weighted by molar-refractivity contribution is -0.409. The predicted octanol–water partition coefficient (Wildman–Crippen LogP) is 6.60.